The molecule has 2 rings (SSSR count). The number of hydrogen-bond acceptors (Lipinski definition) is 4. The number of nitrogens with zero attached hydrogens (tertiary/aromatic N) is 2. The van der Waals surface area contributed by atoms with Crippen molar-refractivity contribution in [2.24, 2.45) is 0 Å². The molecule has 0 radical (unpaired) electrons. The molecular formula is C18H18N2O3. The van der Waals surface area contributed by atoms with E-state index in [0.717, 1.165) is 11.6 Å². The van der Waals surface area contributed by atoms with Crippen LogP contribution in [0.4, 0.5) is 0 Å². The van der Waals surface area contributed by atoms with Gasteiger partial charge in [-0.2, -0.15) is 0 Å². The summed E-state index contributed by atoms with van der Waals surface area (Å²) in [6.07, 6.45) is 6.67. The fourth-order valence-corrected chi connectivity index (χ4v) is 2.18. The minimum atomic E-state index is -0.389. The monoisotopic (exact) mass is 310 g/mol. The molecule has 0 saturated heterocycles. The number of hydrogen-bond donors (Lipinski definition) is 2. The number of allylic oxidation sites excluding steroid dienone is 2. The molecule has 0 aliphatic heterocycles. The quantitative estimate of drug-likeness (QED) is 0.832. The van der Waals surface area contributed by atoms with Crippen molar-refractivity contribution in [1.82, 2.24) is 9.88 Å². The lowest BCUT2D eigenvalue weighted by atomic mass is 10.1. The van der Waals surface area contributed by atoms with Crippen LogP contribution in [0.1, 0.15) is 22.8 Å². The first-order chi connectivity index (χ1) is 11.1. The van der Waals surface area contributed by atoms with Gasteiger partial charge in [-0.05, 0) is 36.8 Å². The maximum Gasteiger partial charge on any atom is 0.262 e. The molecule has 1 heterocycles. The van der Waals surface area contributed by atoms with Gasteiger partial charge in [-0.15, -0.1) is 0 Å². The van der Waals surface area contributed by atoms with Crippen LogP contribution in [-0.4, -0.2) is 26.0 Å². The number of rotatable bonds is 5. The van der Waals surface area contributed by atoms with Gasteiger partial charge in [-0.3, -0.25) is 9.78 Å². The van der Waals surface area contributed by atoms with Crippen LogP contribution >= 0.6 is 0 Å². The van der Waals surface area contributed by atoms with Crippen molar-refractivity contribution < 1.29 is 15.0 Å². The molecule has 2 aromatic rings. The fraction of sp³-hybridized carbons (Fsp3) is 0.111. The number of phenolic OH excluding ortho intramolecular Hbond substituents is 2. The first-order valence-corrected chi connectivity index (χ1v) is 7.08. The summed E-state index contributed by atoms with van der Waals surface area (Å²) >= 11 is 0. The Hall–Kier alpha value is -3.08. The summed E-state index contributed by atoms with van der Waals surface area (Å²) in [6, 6.07) is 7.54. The summed E-state index contributed by atoms with van der Waals surface area (Å²) in [5, 5.41) is 19.3. The maximum absolute atomic E-state index is 12.8. The molecule has 1 aromatic heterocycles. The van der Waals surface area contributed by atoms with Crippen LogP contribution in [-0.2, 0) is 6.54 Å². The zero-order valence-electron chi connectivity index (χ0n) is 12.8. The Morgan fingerprint density at radius 2 is 2.13 bits per heavy atom. The molecule has 0 fully saturated rings. The van der Waals surface area contributed by atoms with Gasteiger partial charge in [0, 0.05) is 24.2 Å². The number of benzene rings is 1. The minimum Gasteiger partial charge on any atom is -0.508 e. The van der Waals surface area contributed by atoms with Crippen LogP contribution in [0.5, 0.6) is 11.5 Å². The molecule has 0 saturated carbocycles. The topological polar surface area (TPSA) is 73.7 Å². The number of carbonyl (C=O) groups excluding carboxylic acids is 1. The summed E-state index contributed by atoms with van der Waals surface area (Å²) in [5.41, 5.74) is 1.57. The first-order valence-electron chi connectivity index (χ1n) is 7.08. The van der Waals surface area contributed by atoms with Crippen molar-refractivity contribution in [2.45, 2.75) is 13.5 Å². The molecule has 2 N–H and O–H groups in total. The Balaban J connectivity index is 2.40. The Bertz CT molecular complexity index is 739. The summed E-state index contributed by atoms with van der Waals surface area (Å²) < 4.78 is 0. The molecule has 1 aromatic carbocycles. The van der Waals surface area contributed by atoms with Crippen molar-refractivity contribution in [3.8, 4) is 11.5 Å². The highest BCUT2D eigenvalue weighted by Crippen LogP contribution is 2.26. The number of aromatic hydroxyl groups is 2. The van der Waals surface area contributed by atoms with E-state index >= 15 is 0 Å². The van der Waals surface area contributed by atoms with Crippen molar-refractivity contribution >= 4 is 5.91 Å². The lowest BCUT2D eigenvalue weighted by molar-refractivity contribution is 0.0798. The SMILES string of the molecule is C=C/C(=C\C)N(Cc1cccnc1)C(=O)c1ccc(O)cc1O. The van der Waals surface area contributed by atoms with Crippen molar-refractivity contribution in [3.63, 3.8) is 0 Å². The van der Waals surface area contributed by atoms with E-state index in [2.05, 4.69) is 11.6 Å². The zero-order valence-corrected chi connectivity index (χ0v) is 12.8. The number of phenols is 2. The Morgan fingerprint density at radius 1 is 1.35 bits per heavy atom. The van der Waals surface area contributed by atoms with E-state index in [9.17, 15) is 15.0 Å². The predicted octanol–water partition coefficient (Wildman–Crippen LogP) is 3.23. The van der Waals surface area contributed by atoms with Gasteiger partial charge in [0.05, 0.1) is 12.1 Å². The average Bonchev–Trinajstić information content (AvgIpc) is 2.55. The van der Waals surface area contributed by atoms with Crippen LogP contribution in [0.2, 0.25) is 0 Å². The lowest BCUT2D eigenvalue weighted by Gasteiger charge is -2.24. The number of aromatic nitrogens is 1. The van der Waals surface area contributed by atoms with E-state index in [4.69, 9.17) is 0 Å². The first kappa shape index (κ1) is 16.3. The van der Waals surface area contributed by atoms with Gasteiger partial charge < -0.3 is 15.1 Å². The molecule has 0 unspecified atom stereocenters. The Labute approximate surface area is 134 Å². The molecule has 1 amide bonds. The van der Waals surface area contributed by atoms with Crippen LogP contribution < -0.4 is 0 Å². The average molecular weight is 310 g/mol. The third-order valence-corrected chi connectivity index (χ3v) is 3.34. The minimum absolute atomic E-state index is 0.104. The van der Waals surface area contributed by atoms with E-state index in [1.807, 2.05) is 6.07 Å². The summed E-state index contributed by atoms with van der Waals surface area (Å²) in [4.78, 5) is 18.4. The smallest absolute Gasteiger partial charge is 0.262 e. The zero-order chi connectivity index (χ0) is 16.8. The lowest BCUT2D eigenvalue weighted by Crippen LogP contribution is -2.29. The van der Waals surface area contributed by atoms with Crippen LogP contribution in [0.25, 0.3) is 0 Å². The largest absolute Gasteiger partial charge is 0.508 e. The molecule has 0 aliphatic carbocycles. The van der Waals surface area contributed by atoms with E-state index in [0.29, 0.717) is 12.2 Å². The van der Waals surface area contributed by atoms with Crippen molar-refractivity contribution in [2.75, 3.05) is 0 Å². The van der Waals surface area contributed by atoms with Gasteiger partial charge in [0.15, 0.2) is 0 Å². The van der Waals surface area contributed by atoms with Gasteiger partial charge in [-0.1, -0.05) is 18.7 Å². The fourth-order valence-electron chi connectivity index (χ4n) is 2.18. The van der Waals surface area contributed by atoms with Crippen molar-refractivity contribution in [1.29, 1.82) is 0 Å². The second-order valence-corrected chi connectivity index (χ2v) is 4.87. The molecule has 5 heteroatoms. The molecule has 0 atom stereocenters. The Kier molecular flexibility index (Phi) is 5.15. The van der Waals surface area contributed by atoms with Gasteiger partial charge in [0.2, 0.25) is 0 Å². The highest BCUT2D eigenvalue weighted by Gasteiger charge is 2.21. The van der Waals surface area contributed by atoms with Crippen LogP contribution in [0.3, 0.4) is 0 Å². The van der Waals surface area contributed by atoms with E-state index < -0.39 is 0 Å². The second kappa shape index (κ2) is 7.26. The summed E-state index contributed by atoms with van der Waals surface area (Å²) in [5.74, 6) is -0.766. The normalized spacial score (nSPS) is 11.1. The van der Waals surface area contributed by atoms with Gasteiger partial charge in [0.25, 0.3) is 5.91 Å². The second-order valence-electron chi connectivity index (χ2n) is 4.87. The van der Waals surface area contributed by atoms with Crippen molar-refractivity contribution in [3.05, 3.63) is 78.3 Å². The van der Waals surface area contributed by atoms with E-state index in [1.54, 1.807) is 37.5 Å². The van der Waals surface area contributed by atoms with Crippen LogP contribution in [0.15, 0.2) is 67.2 Å². The third kappa shape index (κ3) is 3.77. The van der Waals surface area contributed by atoms with E-state index in [1.165, 1.54) is 17.0 Å². The summed E-state index contributed by atoms with van der Waals surface area (Å²) in [7, 11) is 0. The Morgan fingerprint density at radius 3 is 2.70 bits per heavy atom. The standard InChI is InChI=1S/C18H18N2O3/c1-3-14(4-2)20(12-13-6-5-9-19-11-13)18(23)16-8-7-15(21)10-17(16)22/h3-11,21-22H,1,12H2,2H3/b14-4+. The molecule has 118 valence electrons. The molecule has 5 nitrogen and oxygen atoms in total. The highest BCUT2D eigenvalue weighted by atomic mass is 16.3. The third-order valence-electron chi connectivity index (χ3n) is 3.34. The predicted molar refractivity (Wildman–Crippen MR) is 87.8 cm³/mol. The number of amides is 1. The van der Waals surface area contributed by atoms with Crippen LogP contribution in [0, 0.1) is 0 Å². The number of carbonyl (C=O) groups is 1. The molecule has 0 bridgehead atoms. The molecule has 0 aliphatic rings. The molecule has 23 heavy (non-hydrogen) atoms. The van der Waals surface area contributed by atoms with Gasteiger partial charge in [-0.25, -0.2) is 0 Å². The van der Waals surface area contributed by atoms with E-state index in [-0.39, 0.29) is 23.0 Å². The number of pyridine rings is 1. The maximum atomic E-state index is 12.8. The van der Waals surface area contributed by atoms with Gasteiger partial charge >= 0.3 is 0 Å². The molecule has 0 spiro atoms. The summed E-state index contributed by atoms with van der Waals surface area (Å²) in [6.45, 7) is 5.82. The highest BCUT2D eigenvalue weighted by molar-refractivity contribution is 5.98. The molecular weight excluding hydrogens is 292 g/mol. The van der Waals surface area contributed by atoms with Gasteiger partial charge in [0.1, 0.15) is 11.5 Å².